The lowest BCUT2D eigenvalue weighted by molar-refractivity contribution is 0.0940. The summed E-state index contributed by atoms with van der Waals surface area (Å²) in [4.78, 5) is 12.2. The first-order valence-electron chi connectivity index (χ1n) is 6.46. The molecule has 1 atom stereocenters. The van der Waals surface area contributed by atoms with Gasteiger partial charge in [-0.25, -0.2) is 0 Å². The van der Waals surface area contributed by atoms with E-state index in [1.165, 1.54) is 5.56 Å². The fraction of sp³-hybridized carbons (Fsp3) is 0.188. The van der Waals surface area contributed by atoms with E-state index in [9.17, 15) is 4.79 Å². The fourth-order valence-electron chi connectivity index (χ4n) is 2.04. The Morgan fingerprint density at radius 2 is 1.95 bits per heavy atom. The van der Waals surface area contributed by atoms with Gasteiger partial charge in [-0.2, -0.15) is 0 Å². The van der Waals surface area contributed by atoms with E-state index in [-0.39, 0.29) is 11.9 Å². The topological polar surface area (TPSA) is 55.1 Å². The third-order valence-corrected chi connectivity index (χ3v) is 3.33. The first kappa shape index (κ1) is 14.4. The zero-order valence-corrected chi connectivity index (χ0v) is 12.0. The Hall–Kier alpha value is -2.00. The summed E-state index contributed by atoms with van der Waals surface area (Å²) in [6, 6.07) is 14.9. The molecule has 3 N–H and O–H groups in total. The van der Waals surface area contributed by atoms with Crippen LogP contribution < -0.4 is 11.1 Å². The Balaban J connectivity index is 2.02. The third-order valence-electron chi connectivity index (χ3n) is 3.00. The molecule has 0 aliphatic rings. The second-order valence-electron chi connectivity index (χ2n) is 4.80. The van der Waals surface area contributed by atoms with Gasteiger partial charge < -0.3 is 11.1 Å². The van der Waals surface area contributed by atoms with Crippen molar-refractivity contribution < 1.29 is 4.79 Å². The van der Waals surface area contributed by atoms with E-state index >= 15 is 0 Å². The lowest BCUT2D eigenvalue weighted by atomic mass is 10.1. The Bertz CT molecular complexity index is 599. The van der Waals surface area contributed by atoms with Gasteiger partial charge in [-0.3, -0.25) is 4.79 Å². The second-order valence-corrected chi connectivity index (χ2v) is 5.21. The van der Waals surface area contributed by atoms with Gasteiger partial charge in [0.05, 0.1) is 10.6 Å². The number of nitrogen functional groups attached to an aromatic ring is 1. The molecule has 0 radical (unpaired) electrons. The highest BCUT2D eigenvalue weighted by Crippen LogP contribution is 2.19. The summed E-state index contributed by atoms with van der Waals surface area (Å²) < 4.78 is 0. The molecule has 0 aromatic heterocycles. The van der Waals surface area contributed by atoms with Gasteiger partial charge in [-0.15, -0.1) is 0 Å². The van der Waals surface area contributed by atoms with Crippen LogP contribution in [0.2, 0.25) is 5.02 Å². The molecule has 0 bridgehead atoms. The zero-order chi connectivity index (χ0) is 14.5. The number of nitrogens with one attached hydrogen (secondary N) is 1. The molecular weight excluding hydrogens is 272 g/mol. The molecule has 4 heteroatoms. The molecule has 0 fully saturated rings. The van der Waals surface area contributed by atoms with Crippen molar-refractivity contribution in [2.75, 3.05) is 5.73 Å². The van der Waals surface area contributed by atoms with Crippen LogP contribution in [-0.2, 0) is 6.42 Å². The average molecular weight is 289 g/mol. The molecular formula is C16H17ClN2O. The number of halogens is 1. The van der Waals surface area contributed by atoms with Crippen LogP contribution in [0.4, 0.5) is 5.69 Å². The minimum atomic E-state index is -0.203. The predicted molar refractivity (Wildman–Crippen MR) is 82.9 cm³/mol. The highest BCUT2D eigenvalue weighted by molar-refractivity contribution is 6.34. The number of anilines is 1. The Morgan fingerprint density at radius 1 is 1.25 bits per heavy atom. The normalized spacial score (nSPS) is 11.9. The molecule has 0 heterocycles. The Labute approximate surface area is 123 Å². The minimum Gasteiger partial charge on any atom is -0.399 e. The van der Waals surface area contributed by atoms with Crippen molar-refractivity contribution in [1.29, 1.82) is 0 Å². The van der Waals surface area contributed by atoms with E-state index in [1.807, 2.05) is 37.3 Å². The van der Waals surface area contributed by atoms with Crippen molar-refractivity contribution in [3.63, 3.8) is 0 Å². The minimum absolute atomic E-state index is 0.0161. The van der Waals surface area contributed by atoms with Gasteiger partial charge in [0, 0.05) is 11.7 Å². The summed E-state index contributed by atoms with van der Waals surface area (Å²) in [6.45, 7) is 1.96. The van der Waals surface area contributed by atoms with Gasteiger partial charge in [0.25, 0.3) is 5.91 Å². The number of hydrogen-bond acceptors (Lipinski definition) is 2. The second kappa shape index (κ2) is 6.44. The van der Waals surface area contributed by atoms with Gasteiger partial charge in [-0.05, 0) is 37.1 Å². The SMILES string of the molecule is CC(Cc1ccccc1)NC(=O)c1cc(N)ccc1Cl. The summed E-state index contributed by atoms with van der Waals surface area (Å²) in [7, 11) is 0. The number of nitrogens with two attached hydrogens (primary N) is 1. The Morgan fingerprint density at radius 3 is 2.65 bits per heavy atom. The molecule has 0 aliphatic heterocycles. The fourth-order valence-corrected chi connectivity index (χ4v) is 2.24. The van der Waals surface area contributed by atoms with Crippen LogP contribution >= 0.6 is 11.6 Å². The van der Waals surface area contributed by atoms with Gasteiger partial charge in [0.2, 0.25) is 0 Å². The van der Waals surface area contributed by atoms with Crippen molar-refractivity contribution >= 4 is 23.2 Å². The molecule has 1 amide bonds. The van der Waals surface area contributed by atoms with Crippen LogP contribution in [0.3, 0.4) is 0 Å². The van der Waals surface area contributed by atoms with Crippen LogP contribution in [0.1, 0.15) is 22.8 Å². The van der Waals surface area contributed by atoms with E-state index in [0.29, 0.717) is 16.3 Å². The van der Waals surface area contributed by atoms with Crippen LogP contribution in [0.5, 0.6) is 0 Å². The molecule has 2 aromatic carbocycles. The number of carbonyl (C=O) groups excluding carboxylic acids is 1. The van der Waals surface area contributed by atoms with Crippen LogP contribution in [0.15, 0.2) is 48.5 Å². The summed E-state index contributed by atoms with van der Waals surface area (Å²) >= 11 is 6.02. The molecule has 20 heavy (non-hydrogen) atoms. The zero-order valence-electron chi connectivity index (χ0n) is 11.3. The number of rotatable bonds is 4. The maximum atomic E-state index is 12.2. The van der Waals surface area contributed by atoms with Crippen LogP contribution in [0, 0.1) is 0 Å². The number of hydrogen-bond donors (Lipinski definition) is 2. The molecule has 3 nitrogen and oxygen atoms in total. The third kappa shape index (κ3) is 3.75. The first-order chi connectivity index (χ1) is 9.56. The van der Waals surface area contributed by atoms with Crippen molar-refractivity contribution in [3.05, 3.63) is 64.7 Å². The number of benzene rings is 2. The van der Waals surface area contributed by atoms with E-state index in [2.05, 4.69) is 5.32 Å². The summed E-state index contributed by atoms with van der Waals surface area (Å²) in [5.41, 5.74) is 7.79. The lowest BCUT2D eigenvalue weighted by Crippen LogP contribution is -2.34. The largest absolute Gasteiger partial charge is 0.399 e. The number of amides is 1. The molecule has 0 spiro atoms. The lowest BCUT2D eigenvalue weighted by Gasteiger charge is -2.15. The standard InChI is InChI=1S/C16H17ClN2O/c1-11(9-12-5-3-2-4-6-12)19-16(20)14-10-13(18)7-8-15(14)17/h2-8,10-11H,9,18H2,1H3,(H,19,20). The quantitative estimate of drug-likeness (QED) is 0.848. The molecule has 0 saturated carbocycles. The molecule has 0 aliphatic carbocycles. The van der Waals surface area contributed by atoms with E-state index < -0.39 is 0 Å². The molecule has 2 rings (SSSR count). The smallest absolute Gasteiger partial charge is 0.253 e. The van der Waals surface area contributed by atoms with E-state index in [1.54, 1.807) is 18.2 Å². The van der Waals surface area contributed by atoms with Crippen molar-refractivity contribution in [2.45, 2.75) is 19.4 Å². The van der Waals surface area contributed by atoms with Gasteiger partial charge in [-0.1, -0.05) is 41.9 Å². The highest BCUT2D eigenvalue weighted by atomic mass is 35.5. The average Bonchev–Trinajstić information content (AvgIpc) is 2.42. The van der Waals surface area contributed by atoms with E-state index in [0.717, 1.165) is 6.42 Å². The summed E-state index contributed by atoms with van der Waals surface area (Å²) in [5, 5.41) is 3.34. The first-order valence-corrected chi connectivity index (χ1v) is 6.84. The molecule has 0 saturated heterocycles. The predicted octanol–water partition coefficient (Wildman–Crippen LogP) is 3.28. The molecule has 2 aromatic rings. The van der Waals surface area contributed by atoms with Gasteiger partial charge >= 0.3 is 0 Å². The summed E-state index contributed by atoms with van der Waals surface area (Å²) in [5.74, 6) is -0.203. The monoisotopic (exact) mass is 288 g/mol. The Kier molecular flexibility index (Phi) is 4.64. The summed E-state index contributed by atoms with van der Waals surface area (Å²) in [6.07, 6.45) is 0.770. The van der Waals surface area contributed by atoms with Crippen molar-refractivity contribution in [3.8, 4) is 0 Å². The maximum absolute atomic E-state index is 12.2. The van der Waals surface area contributed by atoms with Crippen LogP contribution in [0.25, 0.3) is 0 Å². The van der Waals surface area contributed by atoms with Crippen molar-refractivity contribution in [2.24, 2.45) is 0 Å². The van der Waals surface area contributed by atoms with Crippen molar-refractivity contribution in [1.82, 2.24) is 5.32 Å². The van der Waals surface area contributed by atoms with E-state index in [4.69, 9.17) is 17.3 Å². The highest BCUT2D eigenvalue weighted by Gasteiger charge is 2.13. The van der Waals surface area contributed by atoms with Crippen LogP contribution in [-0.4, -0.2) is 11.9 Å². The van der Waals surface area contributed by atoms with Gasteiger partial charge in [0.1, 0.15) is 0 Å². The maximum Gasteiger partial charge on any atom is 0.253 e. The molecule has 1 unspecified atom stereocenters. The number of carbonyl (C=O) groups is 1. The molecule has 104 valence electrons. The van der Waals surface area contributed by atoms with Gasteiger partial charge in [0.15, 0.2) is 0 Å².